The Hall–Kier alpha value is -0.450. The van der Waals surface area contributed by atoms with Crippen LogP contribution in [0.4, 0.5) is 0 Å². The number of rotatable bonds is 6. The van der Waals surface area contributed by atoms with Gasteiger partial charge in [0.05, 0.1) is 11.6 Å². The van der Waals surface area contributed by atoms with Crippen molar-refractivity contribution >= 4 is 29.4 Å². The number of likely N-dealkylation sites (N-methyl/N-ethyl adjacent to an activating group) is 1. The normalized spacial score (nSPS) is 12.1. The number of thioether (sulfide) groups is 1. The first-order valence-electron chi connectivity index (χ1n) is 5.71. The fourth-order valence-electron chi connectivity index (χ4n) is 1.46. The number of benzene rings is 1. The van der Waals surface area contributed by atoms with Crippen LogP contribution in [-0.4, -0.2) is 48.6 Å². The molecule has 0 aliphatic heterocycles. The van der Waals surface area contributed by atoms with Crippen molar-refractivity contribution < 1.29 is 0 Å². The molecule has 0 spiro atoms. The molecule has 0 aromatic heterocycles. The molecular formula is C13H20N2S2. The van der Waals surface area contributed by atoms with Gasteiger partial charge in [-0.1, -0.05) is 30.3 Å². The van der Waals surface area contributed by atoms with Gasteiger partial charge in [-0.05, 0) is 13.3 Å². The molecule has 1 aromatic carbocycles. The minimum atomic E-state index is 0.843. The minimum Gasteiger partial charge on any atom is -0.304 e. The van der Waals surface area contributed by atoms with E-state index in [0.717, 1.165) is 30.4 Å². The summed E-state index contributed by atoms with van der Waals surface area (Å²) in [5, 5.41) is 1.12. The first-order valence-corrected chi connectivity index (χ1v) is 7.57. The van der Waals surface area contributed by atoms with Gasteiger partial charge < -0.3 is 4.90 Å². The number of hydrogen-bond donors (Lipinski definition) is 1. The van der Waals surface area contributed by atoms with Gasteiger partial charge in [-0.25, -0.2) is 0 Å². The molecule has 0 bridgehead atoms. The molecule has 0 fully saturated rings. The van der Waals surface area contributed by atoms with E-state index in [2.05, 4.69) is 48.0 Å². The second-order valence-corrected chi connectivity index (χ2v) is 5.03. The third kappa shape index (κ3) is 5.61. The van der Waals surface area contributed by atoms with Crippen LogP contribution in [0, 0.1) is 0 Å². The summed E-state index contributed by atoms with van der Waals surface area (Å²) in [6.07, 6.45) is 2.07. The smallest absolute Gasteiger partial charge is 0.0974 e. The van der Waals surface area contributed by atoms with E-state index in [0.29, 0.717) is 0 Å². The van der Waals surface area contributed by atoms with Crippen LogP contribution in [0.25, 0.3) is 0 Å². The van der Waals surface area contributed by atoms with Crippen molar-refractivity contribution in [3.05, 3.63) is 35.9 Å². The van der Waals surface area contributed by atoms with Crippen molar-refractivity contribution in [1.29, 1.82) is 0 Å². The Balaban J connectivity index is 2.51. The topological polar surface area (TPSA) is 15.6 Å². The van der Waals surface area contributed by atoms with Gasteiger partial charge in [-0.15, -0.1) is 11.8 Å². The van der Waals surface area contributed by atoms with Crippen LogP contribution in [0.3, 0.4) is 0 Å². The quantitative estimate of drug-likeness (QED) is 0.485. The van der Waals surface area contributed by atoms with Crippen LogP contribution in [0.1, 0.15) is 5.56 Å². The molecular weight excluding hydrogens is 248 g/mol. The highest BCUT2D eigenvalue weighted by Crippen LogP contribution is 2.10. The molecule has 2 nitrogen and oxygen atoms in total. The van der Waals surface area contributed by atoms with E-state index in [1.54, 1.807) is 11.8 Å². The Labute approximate surface area is 114 Å². The predicted octanol–water partition coefficient (Wildman–Crippen LogP) is 2.66. The highest BCUT2D eigenvalue weighted by Gasteiger charge is 2.01. The molecule has 1 aromatic rings. The van der Waals surface area contributed by atoms with Crippen molar-refractivity contribution in [3.63, 3.8) is 0 Å². The van der Waals surface area contributed by atoms with Crippen LogP contribution in [0.5, 0.6) is 0 Å². The van der Waals surface area contributed by atoms with Crippen LogP contribution >= 0.6 is 24.4 Å². The van der Waals surface area contributed by atoms with E-state index in [1.165, 1.54) is 5.56 Å². The number of hydrogen-bond acceptors (Lipinski definition) is 4. The number of aliphatic imine (C=N–C) groups is 1. The molecule has 94 valence electrons. The van der Waals surface area contributed by atoms with Gasteiger partial charge in [-0.3, -0.25) is 4.99 Å². The van der Waals surface area contributed by atoms with Gasteiger partial charge >= 0.3 is 0 Å². The maximum atomic E-state index is 4.65. The summed E-state index contributed by atoms with van der Waals surface area (Å²) in [5.74, 6) is 0.897. The lowest BCUT2D eigenvalue weighted by Gasteiger charge is -2.13. The first-order chi connectivity index (χ1) is 8.27. The third-order valence-electron chi connectivity index (χ3n) is 2.43. The Morgan fingerprint density at radius 2 is 2.00 bits per heavy atom. The van der Waals surface area contributed by atoms with E-state index < -0.39 is 0 Å². The lowest BCUT2D eigenvalue weighted by atomic mass is 10.2. The summed E-state index contributed by atoms with van der Waals surface area (Å²) >= 11 is 5.92. The molecule has 0 heterocycles. The monoisotopic (exact) mass is 268 g/mol. The largest absolute Gasteiger partial charge is 0.304 e. The zero-order valence-electron chi connectivity index (χ0n) is 10.5. The fraction of sp³-hybridized carbons (Fsp3) is 0.462. The first kappa shape index (κ1) is 14.6. The molecule has 0 saturated carbocycles. The van der Waals surface area contributed by atoms with Gasteiger partial charge in [0.1, 0.15) is 0 Å². The Bertz CT molecular complexity index is 339. The molecule has 17 heavy (non-hydrogen) atoms. The van der Waals surface area contributed by atoms with Gasteiger partial charge in [0.2, 0.25) is 0 Å². The molecule has 0 unspecified atom stereocenters. The summed E-state index contributed by atoms with van der Waals surface area (Å²) in [6.45, 7) is 2.84. The summed E-state index contributed by atoms with van der Waals surface area (Å²) in [6, 6.07) is 10.3. The van der Waals surface area contributed by atoms with Gasteiger partial charge in [-0.2, -0.15) is 12.6 Å². The molecule has 0 amide bonds. The molecule has 0 saturated heterocycles. The molecule has 0 N–H and O–H groups in total. The fourth-order valence-corrected chi connectivity index (χ4v) is 2.39. The summed E-state index contributed by atoms with van der Waals surface area (Å²) in [7, 11) is 2.10. The average Bonchev–Trinajstić information content (AvgIpc) is 2.36. The highest BCUT2D eigenvalue weighted by molar-refractivity contribution is 8.13. The molecule has 4 heteroatoms. The maximum Gasteiger partial charge on any atom is 0.0974 e. The zero-order valence-corrected chi connectivity index (χ0v) is 12.2. The second kappa shape index (κ2) is 8.61. The van der Waals surface area contributed by atoms with Crippen molar-refractivity contribution in [2.24, 2.45) is 4.99 Å². The van der Waals surface area contributed by atoms with Crippen molar-refractivity contribution in [1.82, 2.24) is 4.90 Å². The molecule has 1 rings (SSSR count). The van der Waals surface area contributed by atoms with E-state index in [9.17, 15) is 0 Å². The minimum absolute atomic E-state index is 0.843. The highest BCUT2D eigenvalue weighted by atomic mass is 32.2. The molecule has 0 radical (unpaired) electrons. The van der Waals surface area contributed by atoms with E-state index in [1.807, 2.05) is 18.2 Å². The van der Waals surface area contributed by atoms with Gasteiger partial charge in [0, 0.05) is 24.4 Å². The Morgan fingerprint density at radius 1 is 1.29 bits per heavy atom. The molecule has 0 aliphatic carbocycles. The van der Waals surface area contributed by atoms with Gasteiger partial charge in [0.15, 0.2) is 0 Å². The summed E-state index contributed by atoms with van der Waals surface area (Å²) < 4.78 is 0. The van der Waals surface area contributed by atoms with E-state index >= 15 is 0 Å². The van der Waals surface area contributed by atoms with Crippen LogP contribution in [0.2, 0.25) is 0 Å². The lowest BCUT2D eigenvalue weighted by molar-refractivity contribution is 0.367. The standard InChI is InChI=1S/C13H20N2S2/c1-15(10-11-16)9-8-14-13(17-2)12-6-4-3-5-7-12/h3-7,16H,8-11H2,1-2H3. The van der Waals surface area contributed by atoms with Crippen molar-refractivity contribution in [2.45, 2.75) is 0 Å². The van der Waals surface area contributed by atoms with Crippen LogP contribution in [0.15, 0.2) is 35.3 Å². The average molecular weight is 268 g/mol. The van der Waals surface area contributed by atoms with Gasteiger partial charge in [0.25, 0.3) is 0 Å². The molecule has 0 atom stereocenters. The SMILES string of the molecule is CSC(=NCCN(C)CCS)c1ccccc1. The van der Waals surface area contributed by atoms with Crippen LogP contribution < -0.4 is 0 Å². The summed E-state index contributed by atoms with van der Waals surface area (Å²) in [4.78, 5) is 6.90. The number of nitrogens with zero attached hydrogens (tertiary/aromatic N) is 2. The van der Waals surface area contributed by atoms with E-state index in [4.69, 9.17) is 0 Å². The Kier molecular flexibility index (Phi) is 7.40. The Morgan fingerprint density at radius 3 is 2.59 bits per heavy atom. The maximum absolute atomic E-state index is 4.65. The molecule has 0 aliphatic rings. The second-order valence-electron chi connectivity index (χ2n) is 3.78. The van der Waals surface area contributed by atoms with Crippen molar-refractivity contribution in [3.8, 4) is 0 Å². The predicted molar refractivity (Wildman–Crippen MR) is 82.7 cm³/mol. The van der Waals surface area contributed by atoms with Crippen LogP contribution in [-0.2, 0) is 0 Å². The third-order valence-corrected chi connectivity index (χ3v) is 3.38. The number of thiol groups is 1. The zero-order chi connectivity index (χ0) is 12.5. The lowest BCUT2D eigenvalue weighted by Crippen LogP contribution is -2.24. The van der Waals surface area contributed by atoms with Crippen molar-refractivity contribution in [2.75, 3.05) is 38.7 Å². The van der Waals surface area contributed by atoms with E-state index in [-0.39, 0.29) is 0 Å². The summed E-state index contributed by atoms with van der Waals surface area (Å²) in [5.41, 5.74) is 1.21.